The van der Waals surface area contributed by atoms with Crippen molar-refractivity contribution < 1.29 is 9.53 Å². The Morgan fingerprint density at radius 1 is 1.22 bits per heavy atom. The lowest BCUT2D eigenvalue weighted by Gasteiger charge is -2.33. The third kappa shape index (κ3) is 4.12. The third-order valence-electron chi connectivity index (χ3n) is 6.50. The number of carbonyl (C=O) groups is 1. The molecule has 1 atom stereocenters. The summed E-state index contributed by atoms with van der Waals surface area (Å²) in [6, 6.07) is 18.4. The monoisotopic (exact) mass is 482 g/mol. The molecule has 1 aliphatic rings. The summed E-state index contributed by atoms with van der Waals surface area (Å²) >= 11 is 0. The van der Waals surface area contributed by atoms with Gasteiger partial charge in [-0.05, 0) is 37.1 Å². The van der Waals surface area contributed by atoms with Gasteiger partial charge in [-0.3, -0.25) is 18.7 Å². The number of rotatable bonds is 6. The van der Waals surface area contributed by atoms with E-state index in [9.17, 15) is 14.9 Å². The van der Waals surface area contributed by atoms with Gasteiger partial charge in [0.25, 0.3) is 5.56 Å². The highest BCUT2D eigenvalue weighted by Gasteiger charge is 2.29. The van der Waals surface area contributed by atoms with Crippen LogP contribution in [0.5, 0.6) is 5.75 Å². The van der Waals surface area contributed by atoms with Gasteiger partial charge >= 0.3 is 0 Å². The number of ether oxygens (including phenoxy) is 1. The Morgan fingerprint density at radius 2 is 2.03 bits per heavy atom. The Bertz CT molecular complexity index is 1530. The number of anilines is 1. The SMILES string of the molecule is COc1cccc(C(=O)Cn2cnc3c(C#N)c(N4CCC[C@H](N)C4)n(-c4ccccc4)c3c2=O)c1. The van der Waals surface area contributed by atoms with Gasteiger partial charge in [-0.15, -0.1) is 0 Å². The number of methoxy groups -OCH3 is 1. The second kappa shape index (κ2) is 9.68. The van der Waals surface area contributed by atoms with Crippen LogP contribution in [0.2, 0.25) is 0 Å². The van der Waals surface area contributed by atoms with E-state index >= 15 is 0 Å². The van der Waals surface area contributed by atoms with Gasteiger partial charge in [0.2, 0.25) is 0 Å². The smallest absolute Gasteiger partial charge is 0.278 e. The van der Waals surface area contributed by atoms with Crippen LogP contribution in [0.3, 0.4) is 0 Å². The molecule has 2 N–H and O–H groups in total. The molecule has 0 bridgehead atoms. The van der Waals surface area contributed by atoms with Crippen LogP contribution in [0, 0.1) is 11.3 Å². The number of ketones is 1. The van der Waals surface area contributed by atoms with Crippen LogP contribution in [0.1, 0.15) is 28.8 Å². The molecule has 3 heterocycles. The minimum atomic E-state index is -0.399. The van der Waals surface area contributed by atoms with Crippen molar-refractivity contribution in [3.05, 3.63) is 82.4 Å². The molecular formula is C27H26N6O3. The molecule has 9 nitrogen and oxygen atoms in total. The van der Waals surface area contributed by atoms with Crippen LogP contribution in [0.4, 0.5) is 5.82 Å². The van der Waals surface area contributed by atoms with E-state index in [0.29, 0.717) is 41.3 Å². The molecule has 4 aromatic rings. The van der Waals surface area contributed by atoms with E-state index in [1.165, 1.54) is 18.0 Å². The normalized spacial score (nSPS) is 15.6. The standard InChI is InChI=1S/C27H26N6O3/c1-36-21-11-5-7-18(13-21)23(34)16-32-17-30-24-22(14-28)26(31-12-6-8-19(29)15-31)33(25(24)27(32)35)20-9-3-2-4-10-20/h2-5,7,9-11,13,17,19H,6,8,12,15-16,29H2,1H3/t19-/m0/s1. The number of benzene rings is 2. The first-order chi connectivity index (χ1) is 17.5. The van der Waals surface area contributed by atoms with E-state index < -0.39 is 5.56 Å². The van der Waals surface area contributed by atoms with Crippen LogP contribution < -0.4 is 20.9 Å². The number of piperidine rings is 1. The van der Waals surface area contributed by atoms with Crippen LogP contribution in [-0.2, 0) is 6.54 Å². The predicted octanol–water partition coefficient (Wildman–Crippen LogP) is 2.88. The Morgan fingerprint density at radius 3 is 2.75 bits per heavy atom. The van der Waals surface area contributed by atoms with E-state index in [4.69, 9.17) is 10.5 Å². The number of nitrogens with zero attached hydrogens (tertiary/aromatic N) is 5. The summed E-state index contributed by atoms with van der Waals surface area (Å²) in [6.07, 6.45) is 3.13. The first kappa shape index (κ1) is 23.3. The van der Waals surface area contributed by atoms with Crippen molar-refractivity contribution in [2.24, 2.45) is 5.73 Å². The van der Waals surface area contributed by atoms with Crippen LogP contribution >= 0.6 is 0 Å². The average Bonchev–Trinajstić information content (AvgIpc) is 3.25. The number of aromatic nitrogens is 3. The molecule has 0 aliphatic carbocycles. The lowest BCUT2D eigenvalue weighted by Crippen LogP contribution is -2.43. The Kier molecular flexibility index (Phi) is 6.27. The molecule has 0 saturated carbocycles. The number of nitriles is 1. The molecule has 0 amide bonds. The Labute approximate surface area is 208 Å². The van der Waals surface area contributed by atoms with Gasteiger partial charge in [0.1, 0.15) is 34.2 Å². The van der Waals surface area contributed by atoms with Gasteiger partial charge in [0.15, 0.2) is 5.78 Å². The van der Waals surface area contributed by atoms with E-state index in [-0.39, 0.29) is 23.9 Å². The number of carbonyl (C=O) groups excluding carboxylic acids is 1. The molecule has 0 spiro atoms. The van der Waals surface area contributed by atoms with Crippen LogP contribution in [0.25, 0.3) is 16.7 Å². The highest BCUT2D eigenvalue weighted by atomic mass is 16.5. The molecular weight excluding hydrogens is 456 g/mol. The third-order valence-corrected chi connectivity index (χ3v) is 6.50. The number of hydrogen-bond donors (Lipinski definition) is 1. The molecule has 2 aromatic heterocycles. The van der Waals surface area contributed by atoms with Gasteiger partial charge in [0, 0.05) is 30.4 Å². The van der Waals surface area contributed by atoms with Crippen molar-refractivity contribution in [3.63, 3.8) is 0 Å². The highest BCUT2D eigenvalue weighted by molar-refractivity contribution is 5.96. The molecule has 1 saturated heterocycles. The first-order valence-corrected chi connectivity index (χ1v) is 11.8. The van der Waals surface area contributed by atoms with Gasteiger partial charge in [0.05, 0.1) is 20.0 Å². The maximum Gasteiger partial charge on any atom is 0.278 e. The van der Waals surface area contributed by atoms with Crippen LogP contribution in [0.15, 0.2) is 65.7 Å². The molecule has 9 heteroatoms. The summed E-state index contributed by atoms with van der Waals surface area (Å²) in [6.45, 7) is 1.09. The van der Waals surface area contributed by atoms with Gasteiger partial charge in [-0.25, -0.2) is 4.98 Å². The van der Waals surface area contributed by atoms with E-state index in [2.05, 4.69) is 16.0 Å². The Balaban J connectivity index is 1.69. The quantitative estimate of drug-likeness (QED) is 0.420. The molecule has 182 valence electrons. The van der Waals surface area contributed by atoms with Crippen molar-refractivity contribution in [2.75, 3.05) is 25.1 Å². The molecule has 5 rings (SSSR count). The zero-order chi connectivity index (χ0) is 25.2. The fourth-order valence-corrected chi connectivity index (χ4v) is 4.77. The van der Waals surface area contributed by atoms with Gasteiger partial charge in [-0.2, -0.15) is 5.26 Å². The molecule has 2 aromatic carbocycles. The second-order valence-corrected chi connectivity index (χ2v) is 8.86. The van der Waals surface area contributed by atoms with Gasteiger partial charge < -0.3 is 15.4 Å². The molecule has 36 heavy (non-hydrogen) atoms. The number of nitrogens with two attached hydrogens (primary N) is 1. The first-order valence-electron chi connectivity index (χ1n) is 11.8. The van der Waals surface area contributed by atoms with E-state index in [1.807, 2.05) is 30.3 Å². The number of hydrogen-bond acceptors (Lipinski definition) is 7. The maximum absolute atomic E-state index is 13.8. The molecule has 1 aliphatic heterocycles. The second-order valence-electron chi connectivity index (χ2n) is 8.86. The van der Waals surface area contributed by atoms with Crippen molar-refractivity contribution in [2.45, 2.75) is 25.4 Å². The lowest BCUT2D eigenvalue weighted by molar-refractivity contribution is 0.0970. The van der Waals surface area contributed by atoms with Crippen molar-refractivity contribution in [1.82, 2.24) is 14.1 Å². The summed E-state index contributed by atoms with van der Waals surface area (Å²) in [5, 5.41) is 10.1. The largest absolute Gasteiger partial charge is 0.497 e. The van der Waals surface area contributed by atoms with Gasteiger partial charge in [-0.1, -0.05) is 30.3 Å². The number of Topliss-reactive ketones (excluding diaryl/α,β-unsaturated/α-hetero) is 1. The van der Waals surface area contributed by atoms with E-state index in [0.717, 1.165) is 18.5 Å². The van der Waals surface area contributed by atoms with Crippen LogP contribution in [-0.4, -0.2) is 46.1 Å². The summed E-state index contributed by atoms with van der Waals surface area (Å²) in [5.74, 6) is 0.913. The summed E-state index contributed by atoms with van der Waals surface area (Å²) in [5.41, 5.74) is 7.92. The Hall–Kier alpha value is -4.42. The molecule has 1 fully saturated rings. The fourth-order valence-electron chi connectivity index (χ4n) is 4.77. The average molecular weight is 483 g/mol. The highest BCUT2D eigenvalue weighted by Crippen LogP contribution is 2.34. The molecule has 0 unspecified atom stereocenters. The molecule has 0 radical (unpaired) electrons. The number of para-hydroxylation sites is 1. The zero-order valence-corrected chi connectivity index (χ0v) is 19.9. The van der Waals surface area contributed by atoms with Crippen molar-refractivity contribution >= 4 is 22.6 Å². The van der Waals surface area contributed by atoms with E-state index in [1.54, 1.807) is 28.8 Å². The minimum absolute atomic E-state index is 0.0300. The summed E-state index contributed by atoms with van der Waals surface area (Å²) in [7, 11) is 1.53. The topological polar surface area (TPSA) is 119 Å². The van der Waals surface area contributed by atoms with Crippen molar-refractivity contribution in [3.8, 4) is 17.5 Å². The zero-order valence-electron chi connectivity index (χ0n) is 19.9. The summed E-state index contributed by atoms with van der Waals surface area (Å²) in [4.78, 5) is 33.4. The number of fused-ring (bicyclic) bond motifs is 1. The predicted molar refractivity (Wildman–Crippen MR) is 137 cm³/mol. The maximum atomic E-state index is 13.8. The fraction of sp³-hybridized carbons (Fsp3) is 0.259. The van der Waals surface area contributed by atoms with Crippen molar-refractivity contribution in [1.29, 1.82) is 5.26 Å². The lowest BCUT2D eigenvalue weighted by atomic mass is 10.1. The minimum Gasteiger partial charge on any atom is -0.497 e. The summed E-state index contributed by atoms with van der Waals surface area (Å²) < 4.78 is 8.29.